The first-order valence-corrected chi connectivity index (χ1v) is 13.1. The van der Waals surface area contributed by atoms with Crippen LogP contribution in [0.5, 0.6) is 0 Å². The average molecular weight is 522 g/mol. The summed E-state index contributed by atoms with van der Waals surface area (Å²) in [6.45, 7) is 8.03. The molecule has 1 aliphatic rings. The number of likely N-dealkylation sites (N-methyl/N-ethyl adjacent to an activating group) is 1. The molecule has 1 saturated carbocycles. The minimum Gasteiger partial charge on any atom is -0.388 e. The van der Waals surface area contributed by atoms with Crippen molar-refractivity contribution in [1.29, 1.82) is 10.8 Å². The third-order valence-corrected chi connectivity index (χ3v) is 7.44. The number of carbonyl (C=O) groups excluding carboxylic acids is 1. The molecule has 1 amide bonds. The molecule has 0 spiro atoms. The van der Waals surface area contributed by atoms with Crippen LogP contribution in [-0.2, 0) is 19.0 Å². The highest BCUT2D eigenvalue weighted by Gasteiger charge is 2.48. The number of hydrogen-bond acceptors (Lipinski definition) is 6. The zero-order chi connectivity index (χ0) is 28.4. The Labute approximate surface area is 226 Å². The molecular weight excluding hydrogens is 478 g/mol. The van der Waals surface area contributed by atoms with E-state index in [1.54, 1.807) is 33.4 Å². The smallest absolute Gasteiger partial charge is 0.263 e. The van der Waals surface area contributed by atoms with E-state index in [2.05, 4.69) is 31.0 Å². The fourth-order valence-electron chi connectivity index (χ4n) is 5.64. The van der Waals surface area contributed by atoms with E-state index in [-0.39, 0.29) is 17.0 Å². The van der Waals surface area contributed by atoms with Gasteiger partial charge in [0, 0.05) is 58.9 Å². The summed E-state index contributed by atoms with van der Waals surface area (Å²) in [6, 6.07) is 7.56. The van der Waals surface area contributed by atoms with Crippen LogP contribution in [0.4, 0.5) is 11.4 Å². The number of aromatic nitrogens is 1. The Kier molecular flexibility index (Phi) is 8.82. The number of rotatable bonds is 10. The molecule has 206 valence electrons. The van der Waals surface area contributed by atoms with Gasteiger partial charge in [0.15, 0.2) is 0 Å². The highest BCUT2D eigenvalue weighted by molar-refractivity contribution is 6.06. The SMILES string of the molecule is CNc1cc(N(C)C(=O)c2cc(CN(C)CC(C)C)cn(C)c2=O)cc([C@]2(C(=N)N(C)C=N)C[C@@H](C)C2)c1. The van der Waals surface area contributed by atoms with Crippen LogP contribution in [-0.4, -0.2) is 67.2 Å². The second kappa shape index (κ2) is 11.5. The van der Waals surface area contributed by atoms with Gasteiger partial charge in [0.1, 0.15) is 11.4 Å². The second-order valence-electron chi connectivity index (χ2n) is 11.3. The molecule has 3 N–H and O–H groups in total. The Morgan fingerprint density at radius 1 is 1.21 bits per heavy atom. The summed E-state index contributed by atoms with van der Waals surface area (Å²) in [5, 5.41) is 19.7. The summed E-state index contributed by atoms with van der Waals surface area (Å²) in [6.07, 6.45) is 4.54. The van der Waals surface area contributed by atoms with Gasteiger partial charge in [0.25, 0.3) is 11.5 Å². The number of amidine groups is 1. The van der Waals surface area contributed by atoms with Gasteiger partial charge in [-0.3, -0.25) is 20.4 Å². The van der Waals surface area contributed by atoms with Crippen molar-refractivity contribution in [1.82, 2.24) is 14.4 Å². The molecule has 0 unspecified atom stereocenters. The van der Waals surface area contributed by atoms with Gasteiger partial charge >= 0.3 is 0 Å². The Morgan fingerprint density at radius 3 is 2.42 bits per heavy atom. The number of aryl methyl sites for hydroxylation is 1. The molecule has 1 aliphatic carbocycles. The van der Waals surface area contributed by atoms with E-state index < -0.39 is 5.41 Å². The molecular formula is C29H43N7O2. The van der Waals surface area contributed by atoms with Crippen molar-refractivity contribution in [3.8, 4) is 0 Å². The lowest BCUT2D eigenvalue weighted by Crippen LogP contribution is -2.52. The summed E-state index contributed by atoms with van der Waals surface area (Å²) in [4.78, 5) is 32.0. The van der Waals surface area contributed by atoms with E-state index in [0.29, 0.717) is 29.9 Å². The number of carbonyl (C=O) groups is 1. The molecule has 1 aromatic heterocycles. The predicted octanol–water partition coefficient (Wildman–Crippen LogP) is 3.98. The minimum atomic E-state index is -0.533. The van der Waals surface area contributed by atoms with Crippen molar-refractivity contribution in [3.63, 3.8) is 0 Å². The van der Waals surface area contributed by atoms with Gasteiger partial charge in [-0.1, -0.05) is 20.8 Å². The monoisotopic (exact) mass is 521 g/mol. The van der Waals surface area contributed by atoms with E-state index in [9.17, 15) is 9.59 Å². The van der Waals surface area contributed by atoms with Crippen molar-refractivity contribution in [2.24, 2.45) is 18.9 Å². The molecule has 0 saturated heterocycles. The largest absolute Gasteiger partial charge is 0.388 e. The van der Waals surface area contributed by atoms with Crippen molar-refractivity contribution < 1.29 is 4.79 Å². The third kappa shape index (κ3) is 5.83. The van der Waals surface area contributed by atoms with E-state index in [4.69, 9.17) is 10.8 Å². The van der Waals surface area contributed by atoms with Crippen LogP contribution >= 0.6 is 0 Å². The van der Waals surface area contributed by atoms with Crippen molar-refractivity contribution in [2.45, 2.75) is 45.6 Å². The molecule has 0 atom stereocenters. The summed E-state index contributed by atoms with van der Waals surface area (Å²) in [5.74, 6) is 0.956. The fraction of sp³-hybridized carbons (Fsp3) is 0.517. The number of nitrogens with one attached hydrogen (secondary N) is 3. The summed E-state index contributed by atoms with van der Waals surface area (Å²) in [5.41, 5.74) is 2.55. The lowest BCUT2D eigenvalue weighted by atomic mass is 9.58. The van der Waals surface area contributed by atoms with Gasteiger partial charge in [-0.2, -0.15) is 0 Å². The maximum Gasteiger partial charge on any atom is 0.263 e. The van der Waals surface area contributed by atoms with E-state index in [1.165, 1.54) is 14.4 Å². The highest BCUT2D eigenvalue weighted by Crippen LogP contribution is 2.50. The first-order valence-electron chi connectivity index (χ1n) is 13.1. The number of anilines is 2. The molecule has 9 nitrogen and oxygen atoms in total. The lowest BCUT2D eigenvalue weighted by molar-refractivity contribution is 0.0990. The Morgan fingerprint density at radius 2 is 1.87 bits per heavy atom. The predicted molar refractivity (Wildman–Crippen MR) is 156 cm³/mol. The zero-order valence-electron chi connectivity index (χ0n) is 24.1. The van der Waals surface area contributed by atoms with E-state index >= 15 is 0 Å². The van der Waals surface area contributed by atoms with Crippen molar-refractivity contribution >= 4 is 29.5 Å². The van der Waals surface area contributed by atoms with E-state index in [1.807, 2.05) is 32.3 Å². The Bertz CT molecular complexity index is 1260. The molecule has 1 aromatic carbocycles. The Balaban J connectivity index is 2.01. The first-order chi connectivity index (χ1) is 17.8. The fourth-order valence-corrected chi connectivity index (χ4v) is 5.64. The zero-order valence-corrected chi connectivity index (χ0v) is 24.1. The molecule has 0 aliphatic heterocycles. The van der Waals surface area contributed by atoms with Gasteiger partial charge in [0.05, 0.1) is 11.8 Å². The molecule has 9 heteroatoms. The summed E-state index contributed by atoms with van der Waals surface area (Å²) < 4.78 is 1.48. The molecule has 38 heavy (non-hydrogen) atoms. The third-order valence-electron chi connectivity index (χ3n) is 7.44. The second-order valence-corrected chi connectivity index (χ2v) is 11.3. The molecule has 1 heterocycles. The van der Waals surface area contributed by atoms with Crippen LogP contribution in [0.15, 0.2) is 35.3 Å². The number of pyridine rings is 1. The van der Waals surface area contributed by atoms with Crippen molar-refractivity contribution in [3.05, 3.63) is 57.5 Å². The maximum absolute atomic E-state index is 13.7. The van der Waals surface area contributed by atoms with Gasteiger partial charge < -0.3 is 24.6 Å². The van der Waals surface area contributed by atoms with Crippen LogP contribution < -0.4 is 15.8 Å². The number of hydrogen-bond donors (Lipinski definition) is 3. The maximum atomic E-state index is 13.7. The summed E-state index contributed by atoms with van der Waals surface area (Å²) in [7, 11) is 8.94. The quantitative estimate of drug-likeness (QED) is 0.324. The van der Waals surface area contributed by atoms with Gasteiger partial charge in [-0.15, -0.1) is 0 Å². The van der Waals surface area contributed by atoms with Gasteiger partial charge in [-0.25, -0.2) is 0 Å². The van der Waals surface area contributed by atoms with Gasteiger partial charge in [-0.05, 0) is 67.1 Å². The van der Waals surface area contributed by atoms with Crippen LogP contribution in [0, 0.1) is 22.7 Å². The molecule has 2 aromatic rings. The molecule has 1 fully saturated rings. The number of benzene rings is 1. The Hall–Kier alpha value is -3.46. The highest BCUT2D eigenvalue weighted by atomic mass is 16.2. The lowest BCUT2D eigenvalue weighted by Gasteiger charge is -2.49. The summed E-state index contributed by atoms with van der Waals surface area (Å²) >= 11 is 0. The minimum absolute atomic E-state index is 0.130. The van der Waals surface area contributed by atoms with Crippen LogP contribution in [0.3, 0.4) is 0 Å². The molecule has 0 bridgehead atoms. The number of nitrogens with zero attached hydrogens (tertiary/aromatic N) is 4. The van der Waals surface area contributed by atoms with Crippen LogP contribution in [0.1, 0.15) is 55.1 Å². The first kappa shape index (κ1) is 29.1. The average Bonchev–Trinajstić information content (AvgIpc) is 2.85. The van der Waals surface area contributed by atoms with Crippen LogP contribution in [0.25, 0.3) is 0 Å². The topological polar surface area (TPSA) is 109 Å². The van der Waals surface area contributed by atoms with Crippen molar-refractivity contribution in [2.75, 3.05) is 45.0 Å². The van der Waals surface area contributed by atoms with E-state index in [0.717, 1.165) is 42.5 Å². The normalized spacial score (nSPS) is 18.7. The molecule has 0 radical (unpaired) electrons. The van der Waals surface area contributed by atoms with Crippen LogP contribution in [0.2, 0.25) is 0 Å². The standard InChI is InChI=1S/C29H43N7O2/c1-19(2)15-33(5)16-21-9-25(26(37)34(6)17-21)27(38)36(8)24-11-22(10-23(12-24)32-4)29(13-20(3)14-29)28(31)35(7)18-30/h9-12,17-20,30-32H,13-16H2,1-8H3/t20-,29+. The number of amides is 1. The molecule has 3 rings (SSSR count). The van der Waals surface area contributed by atoms with Gasteiger partial charge in [0.2, 0.25) is 0 Å².